The fraction of sp³-hybridized carbons (Fsp3) is 0.250. The van der Waals surface area contributed by atoms with Crippen LogP contribution in [-0.2, 0) is 11.2 Å². The number of pyridine rings is 1. The summed E-state index contributed by atoms with van der Waals surface area (Å²) in [5.74, 6) is -0.751. The van der Waals surface area contributed by atoms with Gasteiger partial charge in [-0.2, -0.15) is 13.5 Å². The zero-order valence-electron chi connectivity index (χ0n) is 7.60. The van der Waals surface area contributed by atoms with Gasteiger partial charge in [0.15, 0.2) is 0 Å². The maximum absolute atomic E-state index is 10.2. The first-order chi connectivity index (χ1) is 5.68. The summed E-state index contributed by atoms with van der Waals surface area (Å²) in [5.41, 5.74) is 0.676. The first-order valence-corrected chi connectivity index (χ1v) is 3.54. The average Bonchev–Trinajstić information content (AvgIpc) is 2.03. The van der Waals surface area contributed by atoms with Crippen LogP contribution in [0.2, 0.25) is 0 Å². The van der Waals surface area contributed by atoms with Crippen molar-refractivity contribution >= 4 is 19.5 Å². The number of aromatic hydroxyl groups is 1. The Morgan fingerprint density at radius 3 is 2.50 bits per heavy atom. The number of aromatic nitrogens is 1. The number of carboxylic acid groups (broad SMARTS) is 1. The molecule has 0 aliphatic rings. The highest BCUT2D eigenvalue weighted by Crippen LogP contribution is 2.07. The minimum absolute atomic E-state index is 0. The Morgan fingerprint density at radius 1 is 1.43 bits per heavy atom. The van der Waals surface area contributed by atoms with Crippen LogP contribution in [0.3, 0.4) is 0 Å². The molecular formula is C8H14N2O3S. The van der Waals surface area contributed by atoms with Crippen molar-refractivity contribution < 1.29 is 15.0 Å². The minimum Gasteiger partial charge on any atom is -0.506 e. The summed E-state index contributed by atoms with van der Waals surface area (Å²) < 4.78 is 0. The van der Waals surface area contributed by atoms with Gasteiger partial charge in [0.05, 0.1) is 12.6 Å². The molecule has 1 rings (SSSR count). The summed E-state index contributed by atoms with van der Waals surface area (Å²) in [6.07, 6.45) is 1.77. The molecule has 0 unspecified atom stereocenters. The number of carbonyl (C=O) groups is 1. The van der Waals surface area contributed by atoms with Crippen LogP contribution < -0.4 is 6.15 Å². The molecule has 0 spiro atoms. The van der Waals surface area contributed by atoms with Gasteiger partial charge in [-0.1, -0.05) is 0 Å². The number of hydrogen-bond acceptors (Lipinski definition) is 4. The van der Waals surface area contributed by atoms with E-state index in [2.05, 4.69) is 4.98 Å². The topological polar surface area (TPSA) is 105 Å². The molecule has 1 aromatic rings. The Morgan fingerprint density at radius 2 is 2.07 bits per heavy atom. The molecule has 0 aliphatic carbocycles. The van der Waals surface area contributed by atoms with E-state index >= 15 is 0 Å². The minimum atomic E-state index is -0.843. The van der Waals surface area contributed by atoms with Crippen molar-refractivity contribution in [1.82, 2.24) is 11.1 Å². The molecule has 0 aromatic carbocycles. The molecule has 0 saturated heterocycles. The third-order valence-electron chi connectivity index (χ3n) is 1.40. The zero-order valence-corrected chi connectivity index (χ0v) is 8.60. The van der Waals surface area contributed by atoms with Crippen molar-refractivity contribution in [3.63, 3.8) is 0 Å². The van der Waals surface area contributed by atoms with Crippen molar-refractivity contribution in [2.75, 3.05) is 0 Å². The Labute approximate surface area is 88.8 Å². The van der Waals surface area contributed by atoms with Gasteiger partial charge in [0, 0.05) is 12.1 Å². The maximum atomic E-state index is 10.2. The van der Waals surface area contributed by atoms with Crippen LogP contribution in [-0.4, -0.2) is 21.2 Å². The van der Waals surface area contributed by atoms with Gasteiger partial charge in [-0.25, -0.2) is 0 Å². The summed E-state index contributed by atoms with van der Waals surface area (Å²) in [6.45, 7) is 0. The number of hydrogen-bond donors (Lipinski definition) is 3. The second-order valence-corrected chi connectivity index (χ2v) is 2.40. The molecule has 1 aromatic heterocycles. The van der Waals surface area contributed by atoms with Gasteiger partial charge >= 0.3 is 5.97 Å². The molecule has 0 aliphatic heterocycles. The van der Waals surface area contributed by atoms with Crippen LogP contribution in [0.1, 0.15) is 12.1 Å². The van der Waals surface area contributed by atoms with Crippen molar-refractivity contribution in [3.8, 4) is 5.75 Å². The fourth-order valence-corrected chi connectivity index (χ4v) is 0.800. The van der Waals surface area contributed by atoms with E-state index in [9.17, 15) is 4.79 Å². The Kier molecular flexibility index (Phi) is 7.78. The Bertz CT molecular complexity index is 276. The molecule has 6 heteroatoms. The summed E-state index contributed by atoms with van der Waals surface area (Å²) in [7, 11) is 0. The lowest BCUT2D eigenvalue weighted by atomic mass is 10.2. The largest absolute Gasteiger partial charge is 0.506 e. The van der Waals surface area contributed by atoms with Gasteiger partial charge in [0.25, 0.3) is 0 Å². The number of aliphatic carboxylic acids is 1. The third kappa shape index (κ3) is 5.39. The van der Waals surface area contributed by atoms with Crippen LogP contribution in [0.15, 0.2) is 18.3 Å². The smallest absolute Gasteiger partial charge is 0.303 e. The van der Waals surface area contributed by atoms with E-state index in [4.69, 9.17) is 10.2 Å². The first kappa shape index (κ1) is 15.2. The summed E-state index contributed by atoms with van der Waals surface area (Å²) in [5, 5.41) is 17.2. The van der Waals surface area contributed by atoms with Gasteiger partial charge in [0.1, 0.15) is 5.75 Å². The lowest BCUT2D eigenvalue weighted by Gasteiger charge is -1.96. The van der Waals surface area contributed by atoms with Crippen LogP contribution in [0, 0.1) is 0 Å². The SMILES string of the molecule is N.O=C(O)CCc1ccc(O)cn1.S. The monoisotopic (exact) mass is 218 g/mol. The van der Waals surface area contributed by atoms with Crippen LogP contribution in [0.25, 0.3) is 0 Å². The molecule has 5 N–H and O–H groups in total. The first-order valence-electron chi connectivity index (χ1n) is 3.54. The predicted octanol–water partition coefficient (Wildman–Crippen LogP) is 1.08. The van der Waals surface area contributed by atoms with E-state index in [1.165, 1.54) is 12.3 Å². The quantitative estimate of drug-likeness (QED) is 0.704. The van der Waals surface area contributed by atoms with Crippen molar-refractivity contribution in [2.45, 2.75) is 12.8 Å². The normalized spacial score (nSPS) is 8.29. The van der Waals surface area contributed by atoms with Gasteiger partial charge in [-0.05, 0) is 12.1 Å². The Hall–Kier alpha value is -1.27. The number of carboxylic acids is 1. The summed E-state index contributed by atoms with van der Waals surface area (Å²) >= 11 is 0. The molecular weight excluding hydrogens is 204 g/mol. The summed E-state index contributed by atoms with van der Waals surface area (Å²) in [4.78, 5) is 14.0. The molecule has 14 heavy (non-hydrogen) atoms. The van der Waals surface area contributed by atoms with Crippen molar-refractivity contribution in [3.05, 3.63) is 24.0 Å². The number of rotatable bonds is 3. The van der Waals surface area contributed by atoms with Gasteiger partial charge in [-0.15, -0.1) is 0 Å². The fourth-order valence-electron chi connectivity index (χ4n) is 0.800. The lowest BCUT2D eigenvalue weighted by molar-refractivity contribution is -0.136. The van der Waals surface area contributed by atoms with Gasteiger partial charge < -0.3 is 16.4 Å². The van der Waals surface area contributed by atoms with Crippen LogP contribution in [0.5, 0.6) is 5.75 Å². The van der Waals surface area contributed by atoms with E-state index in [1.807, 2.05) is 0 Å². The van der Waals surface area contributed by atoms with E-state index < -0.39 is 5.97 Å². The molecule has 0 fully saturated rings. The summed E-state index contributed by atoms with van der Waals surface area (Å²) in [6, 6.07) is 3.10. The molecule has 5 nitrogen and oxygen atoms in total. The second-order valence-electron chi connectivity index (χ2n) is 2.40. The molecule has 0 radical (unpaired) electrons. The van der Waals surface area contributed by atoms with E-state index in [0.29, 0.717) is 12.1 Å². The average molecular weight is 218 g/mol. The molecule has 80 valence electrons. The molecule has 0 bridgehead atoms. The van der Waals surface area contributed by atoms with Gasteiger partial charge in [-0.3, -0.25) is 9.78 Å². The molecule has 0 atom stereocenters. The third-order valence-corrected chi connectivity index (χ3v) is 1.40. The highest BCUT2D eigenvalue weighted by atomic mass is 32.1. The lowest BCUT2D eigenvalue weighted by Crippen LogP contribution is -1.98. The predicted molar refractivity (Wildman–Crippen MR) is 57.3 cm³/mol. The van der Waals surface area contributed by atoms with Gasteiger partial charge in [0.2, 0.25) is 0 Å². The highest BCUT2D eigenvalue weighted by molar-refractivity contribution is 7.59. The molecule has 0 amide bonds. The Balaban J connectivity index is 0. The standard InChI is InChI=1S/C8H9NO3.H3N.H2S/c10-7-3-1-6(9-5-7)2-4-8(11)12;;/h1,3,5,10H,2,4H2,(H,11,12);1H3;1H2. The number of nitrogens with zero attached hydrogens (tertiary/aromatic N) is 1. The maximum Gasteiger partial charge on any atom is 0.303 e. The number of aryl methyl sites for hydroxylation is 1. The van der Waals surface area contributed by atoms with Crippen molar-refractivity contribution in [2.24, 2.45) is 0 Å². The van der Waals surface area contributed by atoms with Crippen LogP contribution in [0.4, 0.5) is 0 Å². The van der Waals surface area contributed by atoms with E-state index in [0.717, 1.165) is 0 Å². The van der Waals surface area contributed by atoms with E-state index in [-0.39, 0.29) is 31.8 Å². The van der Waals surface area contributed by atoms with E-state index in [1.54, 1.807) is 6.07 Å². The van der Waals surface area contributed by atoms with Crippen molar-refractivity contribution in [1.29, 1.82) is 0 Å². The zero-order chi connectivity index (χ0) is 8.97. The second kappa shape index (κ2) is 7.16. The molecule has 1 heterocycles. The highest BCUT2D eigenvalue weighted by Gasteiger charge is 1.99. The molecule has 0 saturated carbocycles. The van der Waals surface area contributed by atoms with Crippen LogP contribution >= 0.6 is 13.5 Å².